The Morgan fingerprint density at radius 2 is 0.578 bits per heavy atom. The van der Waals surface area contributed by atoms with E-state index in [1.54, 1.807) is 0 Å². The molecule has 300 valence electrons. The van der Waals surface area contributed by atoms with Crippen LogP contribution in [0.4, 0.5) is 0 Å². The van der Waals surface area contributed by atoms with E-state index in [1.165, 1.54) is 16.3 Å². The highest BCUT2D eigenvalue weighted by molar-refractivity contribution is 6.04. The number of fused-ring (bicyclic) bond motifs is 1. The largest absolute Gasteiger partial charge is 0.228 e. The maximum Gasteiger partial charge on any atom is 0.164 e. The Kier molecular flexibility index (Phi) is 10.2. The van der Waals surface area contributed by atoms with E-state index >= 15 is 0 Å². The van der Waals surface area contributed by atoms with E-state index in [2.05, 4.69) is 140 Å². The van der Waals surface area contributed by atoms with Crippen molar-refractivity contribution in [3.05, 3.63) is 237 Å². The fraction of sp³-hybridized carbons (Fsp3) is 0. The summed E-state index contributed by atoms with van der Waals surface area (Å²) in [6.07, 6.45) is 0. The van der Waals surface area contributed by atoms with Crippen LogP contribution in [0.3, 0.4) is 0 Å². The van der Waals surface area contributed by atoms with Crippen molar-refractivity contribution in [1.29, 1.82) is 0 Å². The highest BCUT2D eigenvalue weighted by Crippen LogP contribution is 2.43. The summed E-state index contributed by atoms with van der Waals surface area (Å²) in [6.45, 7) is 0. The summed E-state index contributed by atoms with van der Waals surface area (Å²) in [5.41, 5.74) is 14.3. The molecule has 0 aliphatic carbocycles. The van der Waals surface area contributed by atoms with Crippen molar-refractivity contribution < 1.29 is 0 Å². The molecule has 0 bridgehead atoms. The Bertz CT molecular complexity index is 3270. The first kappa shape index (κ1) is 38.3. The molecule has 2 aromatic heterocycles. The topological polar surface area (TPSA) is 64.5 Å². The van der Waals surface area contributed by atoms with Gasteiger partial charge in [-0.3, -0.25) is 0 Å². The molecule has 0 spiro atoms. The van der Waals surface area contributed by atoms with Crippen molar-refractivity contribution in [2.24, 2.45) is 0 Å². The fourth-order valence-corrected chi connectivity index (χ4v) is 8.40. The monoisotopic (exact) mass is 817 g/mol. The fourth-order valence-electron chi connectivity index (χ4n) is 8.40. The summed E-state index contributed by atoms with van der Waals surface area (Å²) < 4.78 is 0. The molecule has 0 saturated heterocycles. The molecule has 0 fully saturated rings. The molecule has 2 heterocycles. The molecule has 64 heavy (non-hydrogen) atoms. The van der Waals surface area contributed by atoms with E-state index in [9.17, 15) is 0 Å². The Balaban J connectivity index is 1.03. The molecule has 11 aromatic rings. The Morgan fingerprint density at radius 3 is 1.14 bits per heavy atom. The average Bonchev–Trinajstić information content (AvgIpc) is 3.39. The lowest BCUT2D eigenvalue weighted by Gasteiger charge is -2.18. The average molecular weight is 818 g/mol. The maximum atomic E-state index is 5.10. The van der Waals surface area contributed by atoms with E-state index in [4.69, 9.17) is 24.9 Å². The number of benzene rings is 9. The Labute approximate surface area is 372 Å². The predicted octanol–water partition coefficient (Wildman–Crippen LogP) is 14.8. The van der Waals surface area contributed by atoms with Gasteiger partial charge in [0, 0.05) is 33.4 Å². The van der Waals surface area contributed by atoms with E-state index in [1.807, 2.05) is 97.1 Å². The first-order valence-corrected chi connectivity index (χ1v) is 21.4. The molecular weight excluding hydrogens is 779 g/mol. The van der Waals surface area contributed by atoms with Crippen molar-refractivity contribution in [2.45, 2.75) is 0 Å². The van der Waals surface area contributed by atoms with Crippen molar-refractivity contribution in [1.82, 2.24) is 24.9 Å². The van der Waals surface area contributed by atoms with Crippen LogP contribution >= 0.6 is 0 Å². The summed E-state index contributed by atoms with van der Waals surface area (Å²) in [6, 6.07) is 82.0. The van der Waals surface area contributed by atoms with Gasteiger partial charge in [0.05, 0.1) is 11.4 Å². The van der Waals surface area contributed by atoms with E-state index < -0.39 is 0 Å². The predicted molar refractivity (Wildman–Crippen MR) is 262 cm³/mol. The minimum atomic E-state index is 0.618. The minimum absolute atomic E-state index is 0.618. The normalized spacial score (nSPS) is 11.1. The lowest BCUT2D eigenvalue weighted by molar-refractivity contribution is 1.07. The zero-order chi connectivity index (χ0) is 42.7. The van der Waals surface area contributed by atoms with E-state index in [0.717, 1.165) is 72.6 Å². The highest BCUT2D eigenvalue weighted by Gasteiger charge is 2.18. The number of rotatable bonds is 9. The first-order chi connectivity index (χ1) is 31.7. The van der Waals surface area contributed by atoms with Gasteiger partial charge in [-0.05, 0) is 50.2 Å². The molecule has 11 rings (SSSR count). The van der Waals surface area contributed by atoms with Crippen molar-refractivity contribution in [3.8, 4) is 101 Å². The minimum Gasteiger partial charge on any atom is -0.228 e. The van der Waals surface area contributed by atoms with Gasteiger partial charge in [-0.1, -0.05) is 231 Å². The van der Waals surface area contributed by atoms with Crippen LogP contribution < -0.4 is 0 Å². The van der Waals surface area contributed by atoms with Crippen molar-refractivity contribution >= 4 is 10.8 Å². The maximum absolute atomic E-state index is 5.10. The Hall–Kier alpha value is -8.67. The van der Waals surface area contributed by atoms with Crippen LogP contribution in [-0.2, 0) is 0 Å². The lowest BCUT2D eigenvalue weighted by atomic mass is 9.85. The number of hydrogen-bond donors (Lipinski definition) is 0. The molecule has 0 radical (unpaired) electrons. The van der Waals surface area contributed by atoms with Gasteiger partial charge in [-0.15, -0.1) is 0 Å². The van der Waals surface area contributed by atoms with Gasteiger partial charge in [-0.25, -0.2) is 24.9 Å². The summed E-state index contributed by atoms with van der Waals surface area (Å²) in [7, 11) is 0. The van der Waals surface area contributed by atoms with Gasteiger partial charge >= 0.3 is 0 Å². The molecule has 0 unspecified atom stereocenters. The Morgan fingerprint density at radius 1 is 0.219 bits per heavy atom. The second-order valence-electron chi connectivity index (χ2n) is 15.6. The molecule has 5 nitrogen and oxygen atoms in total. The van der Waals surface area contributed by atoms with Gasteiger partial charge in [0.25, 0.3) is 0 Å². The third kappa shape index (κ3) is 7.63. The molecular formula is C59H39N5. The number of hydrogen-bond acceptors (Lipinski definition) is 5. The van der Waals surface area contributed by atoms with Gasteiger partial charge in [-0.2, -0.15) is 0 Å². The molecule has 0 aliphatic rings. The van der Waals surface area contributed by atoms with E-state index in [-0.39, 0.29) is 0 Å². The molecule has 0 N–H and O–H groups in total. The van der Waals surface area contributed by atoms with Crippen LogP contribution in [0.1, 0.15) is 0 Å². The zero-order valence-corrected chi connectivity index (χ0v) is 34.8. The second kappa shape index (κ2) is 17.0. The first-order valence-electron chi connectivity index (χ1n) is 21.4. The molecule has 5 heteroatoms. The number of aromatic nitrogens is 5. The lowest BCUT2D eigenvalue weighted by Crippen LogP contribution is -2.00. The molecule has 0 atom stereocenters. The molecule has 0 amide bonds. The SMILES string of the molecule is c1ccc(-c2cc(-c3ccc(-c4cccc(-c5cccc6ccccc56)c4-c4ccc(-c5nc(-c6ccccc6)nc(-c6ccccc6)n5)cc4)cc3)nc(-c3ccccc3)n2)cc1. The van der Waals surface area contributed by atoms with Crippen LogP contribution in [0, 0.1) is 0 Å². The summed E-state index contributed by atoms with van der Waals surface area (Å²) >= 11 is 0. The van der Waals surface area contributed by atoms with Crippen LogP contribution in [0.15, 0.2) is 237 Å². The zero-order valence-electron chi connectivity index (χ0n) is 34.8. The molecule has 0 aliphatic heterocycles. The van der Waals surface area contributed by atoms with Gasteiger partial charge in [0.15, 0.2) is 23.3 Å². The van der Waals surface area contributed by atoms with Gasteiger partial charge < -0.3 is 0 Å². The molecule has 0 saturated carbocycles. The van der Waals surface area contributed by atoms with Gasteiger partial charge in [0.2, 0.25) is 0 Å². The van der Waals surface area contributed by atoms with Crippen LogP contribution in [-0.4, -0.2) is 24.9 Å². The van der Waals surface area contributed by atoms with Crippen LogP contribution in [0.2, 0.25) is 0 Å². The quantitative estimate of drug-likeness (QED) is 0.145. The summed E-state index contributed by atoms with van der Waals surface area (Å²) in [5.74, 6) is 2.58. The van der Waals surface area contributed by atoms with Crippen molar-refractivity contribution in [2.75, 3.05) is 0 Å². The highest BCUT2D eigenvalue weighted by atomic mass is 15.0. The van der Waals surface area contributed by atoms with E-state index in [0.29, 0.717) is 23.3 Å². The smallest absolute Gasteiger partial charge is 0.164 e. The standard InChI is InChI=1S/C59H39N5/c1-5-18-42(19-6-1)53-39-54(61-56(60-53)45-20-7-2-8-21-45)43-33-31-41(32-34-43)50-28-16-30-52(51-29-15-26-40-17-13-14-27-49(40)51)55(50)44-35-37-48(38-36-44)59-63-57(46-22-9-3-10-23-46)62-58(64-59)47-24-11-4-12-25-47/h1-39H. The van der Waals surface area contributed by atoms with Gasteiger partial charge in [0.1, 0.15) is 0 Å². The molecule has 9 aromatic carbocycles. The summed E-state index contributed by atoms with van der Waals surface area (Å²) in [5, 5.41) is 2.40. The van der Waals surface area contributed by atoms with Crippen LogP contribution in [0.25, 0.3) is 112 Å². The third-order valence-electron chi connectivity index (χ3n) is 11.6. The van der Waals surface area contributed by atoms with Crippen LogP contribution in [0.5, 0.6) is 0 Å². The number of nitrogens with zero attached hydrogens (tertiary/aromatic N) is 5. The summed E-state index contributed by atoms with van der Waals surface area (Å²) in [4.78, 5) is 25.1. The second-order valence-corrected chi connectivity index (χ2v) is 15.6. The van der Waals surface area contributed by atoms with Crippen molar-refractivity contribution in [3.63, 3.8) is 0 Å². The third-order valence-corrected chi connectivity index (χ3v) is 11.6.